The average molecular weight is 706 g/mol. The van der Waals surface area contributed by atoms with Crippen molar-refractivity contribution in [2.75, 3.05) is 4.90 Å². The van der Waals surface area contributed by atoms with Gasteiger partial charge in [-0.2, -0.15) is 0 Å². The lowest BCUT2D eigenvalue weighted by Gasteiger charge is -2.28. The van der Waals surface area contributed by atoms with Gasteiger partial charge in [0.25, 0.3) is 0 Å². The Balaban J connectivity index is 1.10. The van der Waals surface area contributed by atoms with Crippen LogP contribution < -0.4 is 4.90 Å². The van der Waals surface area contributed by atoms with Gasteiger partial charge in [0.1, 0.15) is 5.58 Å². The summed E-state index contributed by atoms with van der Waals surface area (Å²) in [6, 6.07) is 66.5. The van der Waals surface area contributed by atoms with Crippen LogP contribution in [0.2, 0.25) is 0 Å². The van der Waals surface area contributed by atoms with Gasteiger partial charge in [-0.25, -0.2) is 0 Å². The highest BCUT2D eigenvalue weighted by Crippen LogP contribution is 2.54. The van der Waals surface area contributed by atoms with Crippen molar-refractivity contribution in [3.8, 4) is 33.4 Å². The van der Waals surface area contributed by atoms with Gasteiger partial charge in [-0.1, -0.05) is 159 Å². The SMILES string of the molecule is CC1(C)c2ccccc2-c2ccc(N(c3ccc(-c4ccccc4)cc3)c3cccc4c3oc3cc(C5(C)c6ccccc6-c6ccccc65)ccc34)cc21. The van der Waals surface area contributed by atoms with Crippen molar-refractivity contribution in [2.45, 2.75) is 31.6 Å². The molecule has 2 nitrogen and oxygen atoms in total. The van der Waals surface area contributed by atoms with Gasteiger partial charge >= 0.3 is 0 Å². The van der Waals surface area contributed by atoms with Crippen LogP contribution in [-0.2, 0) is 10.8 Å². The van der Waals surface area contributed by atoms with Gasteiger partial charge in [0, 0.05) is 33.0 Å². The first-order chi connectivity index (χ1) is 26.9. The van der Waals surface area contributed by atoms with E-state index in [1.165, 1.54) is 61.2 Å². The number of fused-ring (bicyclic) bond motifs is 9. The Labute approximate surface area is 322 Å². The highest BCUT2D eigenvalue weighted by molar-refractivity contribution is 6.10. The number of anilines is 3. The Bertz CT molecular complexity index is 2920. The molecule has 0 bridgehead atoms. The molecule has 0 fully saturated rings. The Kier molecular flexibility index (Phi) is 6.76. The molecule has 0 radical (unpaired) electrons. The number of benzene rings is 8. The van der Waals surface area contributed by atoms with Crippen LogP contribution in [0.5, 0.6) is 0 Å². The number of para-hydroxylation sites is 1. The van der Waals surface area contributed by atoms with E-state index in [0.717, 1.165) is 39.0 Å². The molecule has 0 amide bonds. The standard InChI is InChI=1S/C53H39NO/c1-52(2)45-20-10-7-16-39(45)42-31-29-38(33-48(42)52)54(37-27-24-35(25-28-37)34-14-5-4-6-15-34)49-23-13-19-44-43-30-26-36(32-50(43)55-51(44)49)53(3)46-21-11-8-17-40(46)41-18-9-12-22-47(41)53/h4-33H,1-3H3. The molecule has 8 aromatic carbocycles. The lowest BCUT2D eigenvalue weighted by atomic mass is 9.74. The molecular formula is C53H39NO. The maximum absolute atomic E-state index is 7.06. The zero-order valence-corrected chi connectivity index (χ0v) is 31.2. The molecule has 55 heavy (non-hydrogen) atoms. The lowest BCUT2D eigenvalue weighted by Crippen LogP contribution is -2.22. The molecular weight excluding hydrogens is 667 g/mol. The fraction of sp³-hybridized carbons (Fsp3) is 0.0943. The van der Waals surface area contributed by atoms with E-state index in [1.807, 2.05) is 0 Å². The average Bonchev–Trinajstić information content (AvgIpc) is 3.83. The Morgan fingerprint density at radius 2 is 1.00 bits per heavy atom. The summed E-state index contributed by atoms with van der Waals surface area (Å²) in [5.41, 5.74) is 18.8. The topological polar surface area (TPSA) is 16.4 Å². The Morgan fingerprint density at radius 1 is 0.418 bits per heavy atom. The van der Waals surface area contributed by atoms with Crippen molar-refractivity contribution < 1.29 is 4.42 Å². The van der Waals surface area contributed by atoms with Crippen LogP contribution in [0.3, 0.4) is 0 Å². The van der Waals surface area contributed by atoms with Crippen LogP contribution in [0.25, 0.3) is 55.3 Å². The molecule has 0 saturated heterocycles. The van der Waals surface area contributed by atoms with Crippen molar-refractivity contribution >= 4 is 39.0 Å². The van der Waals surface area contributed by atoms with Crippen LogP contribution in [0, 0.1) is 0 Å². The number of nitrogens with zero attached hydrogens (tertiary/aromatic N) is 1. The number of furan rings is 1. The Morgan fingerprint density at radius 3 is 1.71 bits per heavy atom. The van der Waals surface area contributed by atoms with Crippen molar-refractivity contribution in [1.82, 2.24) is 0 Å². The van der Waals surface area contributed by atoms with Crippen LogP contribution in [0.4, 0.5) is 17.1 Å². The zero-order valence-electron chi connectivity index (χ0n) is 31.2. The summed E-state index contributed by atoms with van der Waals surface area (Å²) in [5.74, 6) is 0. The molecule has 0 aliphatic heterocycles. The smallest absolute Gasteiger partial charge is 0.159 e. The number of hydrogen-bond acceptors (Lipinski definition) is 2. The molecule has 0 N–H and O–H groups in total. The summed E-state index contributed by atoms with van der Waals surface area (Å²) in [6.45, 7) is 7.06. The summed E-state index contributed by atoms with van der Waals surface area (Å²) in [5, 5.41) is 2.23. The largest absolute Gasteiger partial charge is 0.454 e. The monoisotopic (exact) mass is 705 g/mol. The van der Waals surface area contributed by atoms with Crippen LogP contribution in [-0.4, -0.2) is 0 Å². The first-order valence-electron chi connectivity index (χ1n) is 19.3. The highest BCUT2D eigenvalue weighted by Gasteiger charge is 2.41. The normalized spacial score (nSPS) is 14.4. The third-order valence-electron chi connectivity index (χ3n) is 12.6. The molecule has 0 atom stereocenters. The molecule has 2 aliphatic rings. The fourth-order valence-electron chi connectivity index (χ4n) is 9.73. The van der Waals surface area contributed by atoms with E-state index in [4.69, 9.17) is 4.42 Å². The maximum atomic E-state index is 7.06. The molecule has 1 aromatic heterocycles. The third-order valence-corrected chi connectivity index (χ3v) is 12.6. The van der Waals surface area contributed by atoms with E-state index >= 15 is 0 Å². The van der Waals surface area contributed by atoms with E-state index in [1.54, 1.807) is 0 Å². The summed E-state index contributed by atoms with van der Waals surface area (Å²) < 4.78 is 7.06. The van der Waals surface area contributed by atoms with E-state index in [9.17, 15) is 0 Å². The first-order valence-corrected chi connectivity index (χ1v) is 19.3. The van der Waals surface area contributed by atoms with Gasteiger partial charge < -0.3 is 9.32 Å². The summed E-state index contributed by atoms with van der Waals surface area (Å²) in [4.78, 5) is 2.38. The second-order valence-corrected chi connectivity index (χ2v) is 15.8. The lowest BCUT2D eigenvalue weighted by molar-refractivity contribution is 0.660. The minimum atomic E-state index is -0.301. The number of rotatable bonds is 5. The molecule has 11 rings (SSSR count). The summed E-state index contributed by atoms with van der Waals surface area (Å²) in [7, 11) is 0. The second-order valence-electron chi connectivity index (χ2n) is 15.8. The van der Waals surface area contributed by atoms with Gasteiger partial charge in [0.05, 0.1) is 5.69 Å². The van der Waals surface area contributed by atoms with Gasteiger partial charge in [-0.3, -0.25) is 0 Å². The van der Waals surface area contributed by atoms with Gasteiger partial charge in [0.15, 0.2) is 5.58 Å². The van der Waals surface area contributed by atoms with Gasteiger partial charge in [-0.05, 0) is 105 Å². The van der Waals surface area contributed by atoms with Crippen molar-refractivity contribution in [1.29, 1.82) is 0 Å². The van der Waals surface area contributed by atoms with E-state index in [2.05, 4.69) is 208 Å². The molecule has 262 valence electrons. The molecule has 1 heterocycles. The van der Waals surface area contributed by atoms with Crippen LogP contribution in [0.15, 0.2) is 186 Å². The molecule has 0 saturated carbocycles. The molecule has 9 aromatic rings. The summed E-state index contributed by atoms with van der Waals surface area (Å²) in [6.07, 6.45) is 0. The summed E-state index contributed by atoms with van der Waals surface area (Å²) >= 11 is 0. The Hall–Kier alpha value is -6.64. The predicted octanol–water partition coefficient (Wildman–Crippen LogP) is 14.4. The first kappa shape index (κ1) is 31.8. The van der Waals surface area contributed by atoms with Crippen molar-refractivity contribution in [3.63, 3.8) is 0 Å². The maximum Gasteiger partial charge on any atom is 0.159 e. The molecule has 2 heteroatoms. The van der Waals surface area contributed by atoms with Crippen molar-refractivity contribution in [2.24, 2.45) is 0 Å². The quantitative estimate of drug-likeness (QED) is 0.177. The highest BCUT2D eigenvalue weighted by atomic mass is 16.3. The van der Waals surface area contributed by atoms with Gasteiger partial charge in [0.2, 0.25) is 0 Å². The molecule has 2 aliphatic carbocycles. The van der Waals surface area contributed by atoms with E-state index < -0.39 is 0 Å². The van der Waals surface area contributed by atoms with E-state index in [-0.39, 0.29) is 10.8 Å². The second kappa shape index (κ2) is 11.7. The number of hydrogen-bond donors (Lipinski definition) is 0. The minimum absolute atomic E-state index is 0.125. The third kappa shape index (κ3) is 4.55. The van der Waals surface area contributed by atoms with Crippen LogP contribution >= 0.6 is 0 Å². The fourth-order valence-corrected chi connectivity index (χ4v) is 9.73. The van der Waals surface area contributed by atoms with Gasteiger partial charge in [-0.15, -0.1) is 0 Å². The minimum Gasteiger partial charge on any atom is -0.454 e. The van der Waals surface area contributed by atoms with E-state index in [0.29, 0.717) is 0 Å². The molecule has 0 spiro atoms. The predicted molar refractivity (Wildman–Crippen MR) is 229 cm³/mol. The molecule has 0 unspecified atom stereocenters. The zero-order chi connectivity index (χ0) is 36.9. The van der Waals surface area contributed by atoms with Crippen LogP contribution in [0.1, 0.15) is 48.6 Å². The van der Waals surface area contributed by atoms with Crippen molar-refractivity contribution in [3.05, 3.63) is 210 Å².